The molecule has 4 heteroatoms. The first-order valence-electron chi connectivity index (χ1n) is 5.80. The molecule has 0 saturated heterocycles. The second kappa shape index (κ2) is 6.43. The summed E-state index contributed by atoms with van der Waals surface area (Å²) in [6.45, 7) is 0. The molecule has 0 spiro atoms. The standard InChI is InChI=1S/C11H22O4/c12-8-3-1-2-4-9(13)6-11(15)7-10(14)5-8/h8-15H,1-7H2. The molecule has 1 aliphatic carbocycles. The first-order valence-corrected chi connectivity index (χ1v) is 5.80. The summed E-state index contributed by atoms with van der Waals surface area (Å²) in [5, 5.41) is 38.2. The molecule has 4 unspecified atom stereocenters. The summed E-state index contributed by atoms with van der Waals surface area (Å²) in [6.07, 6.45) is 1.65. The van der Waals surface area contributed by atoms with Crippen molar-refractivity contribution in [1.29, 1.82) is 0 Å². The van der Waals surface area contributed by atoms with E-state index in [-0.39, 0.29) is 6.42 Å². The zero-order valence-electron chi connectivity index (χ0n) is 9.05. The van der Waals surface area contributed by atoms with Crippen LogP contribution >= 0.6 is 0 Å². The highest BCUT2D eigenvalue weighted by molar-refractivity contribution is 4.72. The summed E-state index contributed by atoms with van der Waals surface area (Å²) in [5.41, 5.74) is 0. The zero-order valence-corrected chi connectivity index (χ0v) is 9.05. The molecule has 0 heterocycles. The maximum atomic E-state index is 9.55. The molecule has 1 saturated carbocycles. The molecule has 4 nitrogen and oxygen atoms in total. The van der Waals surface area contributed by atoms with Gasteiger partial charge in [0.25, 0.3) is 0 Å². The molecule has 4 N–H and O–H groups in total. The lowest BCUT2D eigenvalue weighted by molar-refractivity contribution is 0.0203. The molecule has 0 aromatic heterocycles. The van der Waals surface area contributed by atoms with Gasteiger partial charge in [0.2, 0.25) is 0 Å². The third-order valence-electron chi connectivity index (χ3n) is 2.96. The first-order chi connectivity index (χ1) is 7.08. The van der Waals surface area contributed by atoms with Crippen LogP contribution in [0.25, 0.3) is 0 Å². The van der Waals surface area contributed by atoms with Crippen molar-refractivity contribution < 1.29 is 20.4 Å². The summed E-state index contributed by atoms with van der Waals surface area (Å²) < 4.78 is 0. The fourth-order valence-corrected chi connectivity index (χ4v) is 2.13. The third kappa shape index (κ3) is 5.47. The lowest BCUT2D eigenvalue weighted by atomic mass is 10.0. The van der Waals surface area contributed by atoms with Crippen LogP contribution in [0.5, 0.6) is 0 Å². The Bertz CT molecular complexity index is 156. The predicted octanol–water partition coefficient (Wildman–Crippen LogP) is 0.174. The fraction of sp³-hybridized carbons (Fsp3) is 1.00. The summed E-state index contributed by atoms with van der Waals surface area (Å²) in [6, 6.07) is 0. The van der Waals surface area contributed by atoms with Gasteiger partial charge >= 0.3 is 0 Å². The van der Waals surface area contributed by atoms with Crippen LogP contribution in [0.4, 0.5) is 0 Å². The molecule has 1 rings (SSSR count). The van der Waals surface area contributed by atoms with Crippen molar-refractivity contribution in [2.24, 2.45) is 0 Å². The lowest BCUT2D eigenvalue weighted by Crippen LogP contribution is -2.25. The maximum Gasteiger partial charge on any atom is 0.0589 e. The molecule has 15 heavy (non-hydrogen) atoms. The largest absolute Gasteiger partial charge is 0.393 e. The molecule has 0 bridgehead atoms. The molecule has 4 atom stereocenters. The van der Waals surface area contributed by atoms with Crippen molar-refractivity contribution in [3.8, 4) is 0 Å². The van der Waals surface area contributed by atoms with E-state index in [1.165, 1.54) is 0 Å². The molecule has 1 fully saturated rings. The van der Waals surface area contributed by atoms with Crippen LogP contribution in [0, 0.1) is 0 Å². The number of rotatable bonds is 0. The van der Waals surface area contributed by atoms with E-state index in [2.05, 4.69) is 0 Å². The average Bonchev–Trinajstić information content (AvgIpc) is 2.12. The van der Waals surface area contributed by atoms with E-state index in [0.717, 1.165) is 12.8 Å². The minimum Gasteiger partial charge on any atom is -0.393 e. The summed E-state index contributed by atoms with van der Waals surface area (Å²) in [7, 11) is 0. The molecule has 0 aliphatic heterocycles. The van der Waals surface area contributed by atoms with Crippen LogP contribution < -0.4 is 0 Å². The Labute approximate surface area is 90.6 Å². The van der Waals surface area contributed by atoms with Crippen LogP contribution in [-0.4, -0.2) is 44.8 Å². The van der Waals surface area contributed by atoms with Gasteiger partial charge in [0, 0.05) is 0 Å². The van der Waals surface area contributed by atoms with Crippen LogP contribution in [0.15, 0.2) is 0 Å². The number of aliphatic hydroxyl groups is 4. The Morgan fingerprint density at radius 1 is 0.533 bits per heavy atom. The molecule has 0 aromatic rings. The van der Waals surface area contributed by atoms with Gasteiger partial charge in [-0.3, -0.25) is 0 Å². The van der Waals surface area contributed by atoms with E-state index in [1.54, 1.807) is 0 Å². The van der Waals surface area contributed by atoms with Gasteiger partial charge in [-0.1, -0.05) is 12.8 Å². The fourth-order valence-electron chi connectivity index (χ4n) is 2.13. The number of hydrogen-bond acceptors (Lipinski definition) is 4. The monoisotopic (exact) mass is 218 g/mol. The van der Waals surface area contributed by atoms with Crippen LogP contribution in [0.1, 0.15) is 44.9 Å². The van der Waals surface area contributed by atoms with Gasteiger partial charge in [-0.15, -0.1) is 0 Å². The Morgan fingerprint density at radius 3 is 1.27 bits per heavy atom. The predicted molar refractivity (Wildman–Crippen MR) is 56.3 cm³/mol. The second-order valence-electron chi connectivity index (χ2n) is 4.61. The van der Waals surface area contributed by atoms with Crippen LogP contribution in [-0.2, 0) is 0 Å². The Balaban J connectivity index is 2.45. The summed E-state index contributed by atoms with van der Waals surface area (Å²) >= 11 is 0. The maximum absolute atomic E-state index is 9.55. The topological polar surface area (TPSA) is 80.9 Å². The molecular weight excluding hydrogens is 196 g/mol. The van der Waals surface area contributed by atoms with Gasteiger partial charge < -0.3 is 20.4 Å². The Morgan fingerprint density at radius 2 is 0.867 bits per heavy atom. The first kappa shape index (κ1) is 12.9. The van der Waals surface area contributed by atoms with Gasteiger partial charge in [-0.25, -0.2) is 0 Å². The zero-order chi connectivity index (χ0) is 11.3. The minimum absolute atomic E-state index is 0.244. The minimum atomic E-state index is -0.666. The Kier molecular flexibility index (Phi) is 5.53. The Hall–Kier alpha value is -0.160. The molecular formula is C11H22O4. The van der Waals surface area contributed by atoms with Crippen molar-refractivity contribution in [1.82, 2.24) is 0 Å². The van der Waals surface area contributed by atoms with Crippen LogP contribution in [0.2, 0.25) is 0 Å². The van der Waals surface area contributed by atoms with E-state index in [0.29, 0.717) is 25.7 Å². The highest BCUT2D eigenvalue weighted by atomic mass is 16.3. The van der Waals surface area contributed by atoms with Gasteiger partial charge in [0.05, 0.1) is 24.4 Å². The number of aliphatic hydroxyl groups excluding tert-OH is 4. The van der Waals surface area contributed by atoms with E-state index < -0.39 is 24.4 Å². The van der Waals surface area contributed by atoms with E-state index in [9.17, 15) is 20.4 Å². The van der Waals surface area contributed by atoms with Gasteiger partial charge in [-0.2, -0.15) is 0 Å². The number of hydrogen-bond donors (Lipinski definition) is 4. The van der Waals surface area contributed by atoms with Crippen LogP contribution in [0.3, 0.4) is 0 Å². The van der Waals surface area contributed by atoms with Gasteiger partial charge in [0.15, 0.2) is 0 Å². The van der Waals surface area contributed by atoms with E-state index in [1.807, 2.05) is 0 Å². The van der Waals surface area contributed by atoms with Crippen molar-refractivity contribution in [2.75, 3.05) is 0 Å². The van der Waals surface area contributed by atoms with Gasteiger partial charge in [0.1, 0.15) is 0 Å². The summed E-state index contributed by atoms with van der Waals surface area (Å²) in [4.78, 5) is 0. The normalized spacial score (nSPS) is 40.8. The summed E-state index contributed by atoms with van der Waals surface area (Å²) in [5.74, 6) is 0. The van der Waals surface area contributed by atoms with Crippen molar-refractivity contribution in [2.45, 2.75) is 69.4 Å². The highest BCUT2D eigenvalue weighted by Crippen LogP contribution is 2.18. The SMILES string of the molecule is OC1CCCCC(O)CC(O)CC(O)C1. The van der Waals surface area contributed by atoms with Crippen molar-refractivity contribution in [3.63, 3.8) is 0 Å². The molecule has 90 valence electrons. The molecule has 0 radical (unpaired) electrons. The van der Waals surface area contributed by atoms with Crippen molar-refractivity contribution >= 4 is 0 Å². The smallest absolute Gasteiger partial charge is 0.0589 e. The third-order valence-corrected chi connectivity index (χ3v) is 2.96. The average molecular weight is 218 g/mol. The second-order valence-corrected chi connectivity index (χ2v) is 4.61. The molecule has 0 aromatic carbocycles. The highest BCUT2D eigenvalue weighted by Gasteiger charge is 2.20. The quantitative estimate of drug-likeness (QED) is 0.467. The van der Waals surface area contributed by atoms with E-state index >= 15 is 0 Å². The van der Waals surface area contributed by atoms with Crippen molar-refractivity contribution in [3.05, 3.63) is 0 Å². The lowest BCUT2D eigenvalue weighted by Gasteiger charge is -2.18. The van der Waals surface area contributed by atoms with Gasteiger partial charge in [-0.05, 0) is 32.1 Å². The van der Waals surface area contributed by atoms with E-state index in [4.69, 9.17) is 0 Å². The molecule has 1 aliphatic rings. The molecule has 0 amide bonds.